The molecule has 0 amide bonds. The Balaban J connectivity index is 2.11. The Morgan fingerprint density at radius 1 is 1.12 bits per heavy atom. The monoisotopic (exact) mass is 348 g/mol. The highest BCUT2D eigenvalue weighted by atomic mass is 16.5. The van der Waals surface area contributed by atoms with E-state index in [4.69, 9.17) is 4.74 Å². The molecular weight excluding hydrogens is 332 g/mol. The van der Waals surface area contributed by atoms with Crippen LogP contribution in [0.15, 0.2) is 53.5 Å². The lowest BCUT2D eigenvalue weighted by Gasteiger charge is -2.08. The Hall–Kier alpha value is -3.61. The largest absolute Gasteiger partial charge is 0.465 e. The predicted octanol–water partition coefficient (Wildman–Crippen LogP) is 2.80. The summed E-state index contributed by atoms with van der Waals surface area (Å²) in [6.07, 6.45) is 1.62. The molecule has 0 aliphatic rings. The van der Waals surface area contributed by atoms with Gasteiger partial charge < -0.3 is 14.7 Å². The molecule has 0 bridgehead atoms. The number of esters is 1. The molecule has 3 heterocycles. The molecule has 0 fully saturated rings. The molecule has 0 spiro atoms. The minimum absolute atomic E-state index is 0.339. The Labute approximate surface area is 148 Å². The number of aryl methyl sites for hydroxylation is 1. The summed E-state index contributed by atoms with van der Waals surface area (Å²) in [4.78, 5) is 35.3. The highest BCUT2D eigenvalue weighted by Crippen LogP contribution is 2.33. The molecule has 7 nitrogen and oxygen atoms in total. The van der Waals surface area contributed by atoms with Gasteiger partial charge in [-0.3, -0.25) is 0 Å². The van der Waals surface area contributed by atoms with E-state index in [9.17, 15) is 9.59 Å². The summed E-state index contributed by atoms with van der Waals surface area (Å²) >= 11 is 0. The number of carbonyl (C=O) groups is 1. The second-order valence-corrected chi connectivity index (χ2v) is 5.85. The van der Waals surface area contributed by atoms with Crippen molar-refractivity contribution in [1.29, 1.82) is 0 Å². The smallest absolute Gasteiger partial charge is 0.340 e. The van der Waals surface area contributed by atoms with E-state index in [2.05, 4.69) is 15.0 Å². The summed E-state index contributed by atoms with van der Waals surface area (Å²) in [7, 11) is 1.34. The van der Waals surface area contributed by atoms with E-state index in [1.165, 1.54) is 11.7 Å². The van der Waals surface area contributed by atoms with Crippen molar-refractivity contribution in [2.45, 2.75) is 6.92 Å². The molecule has 2 N–H and O–H groups in total. The Kier molecular flexibility index (Phi) is 3.69. The number of H-pyrrole nitrogens is 2. The number of nitrogens with one attached hydrogen (secondary N) is 2. The van der Waals surface area contributed by atoms with Gasteiger partial charge in [-0.15, -0.1) is 0 Å². The number of hydrogen-bond acceptors (Lipinski definition) is 4. The van der Waals surface area contributed by atoms with Crippen molar-refractivity contribution in [2.24, 2.45) is 0 Å². The van der Waals surface area contributed by atoms with Crippen molar-refractivity contribution >= 4 is 17.1 Å². The van der Waals surface area contributed by atoms with Gasteiger partial charge in [0.15, 0.2) is 5.65 Å². The van der Waals surface area contributed by atoms with Crippen molar-refractivity contribution in [3.63, 3.8) is 0 Å². The molecular formula is C19H16N4O3. The van der Waals surface area contributed by atoms with Crippen LogP contribution >= 0.6 is 0 Å². The molecule has 0 aliphatic heterocycles. The number of aromatic amines is 2. The fourth-order valence-electron chi connectivity index (χ4n) is 3.17. The maximum atomic E-state index is 12.6. The molecule has 1 aromatic carbocycles. The zero-order chi connectivity index (χ0) is 18.3. The number of aromatic nitrogens is 4. The highest BCUT2D eigenvalue weighted by molar-refractivity contribution is 6.01. The van der Waals surface area contributed by atoms with Crippen molar-refractivity contribution in [1.82, 2.24) is 19.5 Å². The lowest BCUT2D eigenvalue weighted by atomic mass is 10.0. The number of nitrogens with zero attached hydrogens (tertiary/aromatic N) is 2. The van der Waals surface area contributed by atoms with Gasteiger partial charge >= 0.3 is 11.7 Å². The van der Waals surface area contributed by atoms with E-state index < -0.39 is 5.97 Å². The number of rotatable bonds is 3. The van der Waals surface area contributed by atoms with E-state index in [1.807, 2.05) is 30.3 Å². The fraction of sp³-hybridized carbons (Fsp3) is 0.105. The fourth-order valence-corrected chi connectivity index (χ4v) is 3.17. The third kappa shape index (κ3) is 2.33. The molecule has 0 atom stereocenters. The summed E-state index contributed by atoms with van der Waals surface area (Å²) in [6.45, 7) is 1.77. The molecule has 26 heavy (non-hydrogen) atoms. The van der Waals surface area contributed by atoms with Gasteiger partial charge in [-0.05, 0) is 24.6 Å². The minimum atomic E-state index is -0.468. The van der Waals surface area contributed by atoms with Crippen LogP contribution in [0.3, 0.4) is 0 Å². The normalized spacial score (nSPS) is 11.0. The van der Waals surface area contributed by atoms with E-state index in [0.29, 0.717) is 33.8 Å². The lowest BCUT2D eigenvalue weighted by molar-refractivity contribution is 0.0601. The van der Waals surface area contributed by atoms with Crippen LogP contribution in [-0.2, 0) is 4.74 Å². The zero-order valence-corrected chi connectivity index (χ0v) is 14.2. The van der Waals surface area contributed by atoms with Gasteiger partial charge in [-0.1, -0.05) is 30.3 Å². The van der Waals surface area contributed by atoms with Gasteiger partial charge in [0, 0.05) is 17.5 Å². The summed E-state index contributed by atoms with van der Waals surface area (Å²) in [5.41, 5.74) is 3.16. The average Bonchev–Trinajstić information content (AvgIpc) is 3.17. The van der Waals surface area contributed by atoms with Crippen molar-refractivity contribution < 1.29 is 9.53 Å². The van der Waals surface area contributed by atoms with Crippen LogP contribution in [0.4, 0.5) is 0 Å². The van der Waals surface area contributed by atoms with Gasteiger partial charge in [0.25, 0.3) is 0 Å². The van der Waals surface area contributed by atoms with Crippen LogP contribution in [0.2, 0.25) is 0 Å². The van der Waals surface area contributed by atoms with Gasteiger partial charge in [0.2, 0.25) is 0 Å². The van der Waals surface area contributed by atoms with Gasteiger partial charge in [0.05, 0.1) is 18.2 Å². The summed E-state index contributed by atoms with van der Waals surface area (Å²) in [6, 6.07) is 12.9. The van der Waals surface area contributed by atoms with Crippen LogP contribution in [0.25, 0.3) is 28.1 Å². The second-order valence-electron chi connectivity index (χ2n) is 5.85. The van der Waals surface area contributed by atoms with E-state index in [1.54, 1.807) is 25.3 Å². The van der Waals surface area contributed by atoms with Gasteiger partial charge in [-0.25, -0.2) is 19.1 Å². The first kappa shape index (κ1) is 15.9. The van der Waals surface area contributed by atoms with Crippen LogP contribution in [0.1, 0.15) is 16.1 Å². The molecule has 4 rings (SSSR count). The first-order valence-corrected chi connectivity index (χ1v) is 8.04. The number of methoxy groups -OCH3 is 1. The number of benzene rings is 1. The molecule has 0 radical (unpaired) electrons. The third-order valence-electron chi connectivity index (χ3n) is 4.29. The summed E-state index contributed by atoms with van der Waals surface area (Å²) in [5, 5.41) is 0. The van der Waals surface area contributed by atoms with Crippen LogP contribution in [0, 0.1) is 6.92 Å². The number of pyridine rings is 1. The van der Waals surface area contributed by atoms with Crippen LogP contribution in [0.5, 0.6) is 0 Å². The molecule has 0 saturated heterocycles. The molecule has 130 valence electrons. The van der Waals surface area contributed by atoms with Crippen molar-refractivity contribution in [3.8, 4) is 16.9 Å². The van der Waals surface area contributed by atoms with Gasteiger partial charge in [0.1, 0.15) is 5.82 Å². The SMILES string of the molecule is COC(=O)c1c(C)[nH]c(-n2c(=O)[nH]c3cccnc32)c1-c1ccccc1. The Bertz CT molecular complexity index is 1170. The van der Waals surface area contributed by atoms with Crippen molar-refractivity contribution in [3.05, 3.63) is 70.4 Å². The number of fused-ring (bicyclic) bond motifs is 1. The standard InChI is InChI=1S/C19H16N4O3/c1-11-14(18(24)26-2)15(12-7-4-3-5-8-12)17(21-11)23-16-13(22-19(23)25)9-6-10-20-16/h3-10,21H,1-2H3,(H,22,25). The van der Waals surface area contributed by atoms with Gasteiger partial charge in [-0.2, -0.15) is 0 Å². The minimum Gasteiger partial charge on any atom is -0.465 e. The summed E-state index contributed by atoms with van der Waals surface area (Å²) < 4.78 is 6.40. The number of carbonyl (C=O) groups excluding carboxylic acids is 1. The summed E-state index contributed by atoms with van der Waals surface area (Å²) in [5.74, 6) is 0.00810. The maximum absolute atomic E-state index is 12.6. The maximum Gasteiger partial charge on any atom is 0.340 e. The molecule has 0 aliphatic carbocycles. The Morgan fingerprint density at radius 3 is 2.62 bits per heavy atom. The molecule has 7 heteroatoms. The van der Waals surface area contributed by atoms with E-state index >= 15 is 0 Å². The topological polar surface area (TPSA) is 92.8 Å². The second kappa shape index (κ2) is 6.03. The number of hydrogen-bond donors (Lipinski definition) is 2. The van der Waals surface area contributed by atoms with Crippen LogP contribution in [-0.4, -0.2) is 32.6 Å². The molecule has 0 saturated carbocycles. The van der Waals surface area contributed by atoms with Crippen molar-refractivity contribution in [2.75, 3.05) is 7.11 Å². The molecule has 4 aromatic rings. The number of imidazole rings is 1. The Morgan fingerprint density at radius 2 is 1.88 bits per heavy atom. The molecule has 3 aromatic heterocycles. The van der Waals surface area contributed by atoms with E-state index in [0.717, 1.165) is 5.56 Å². The highest BCUT2D eigenvalue weighted by Gasteiger charge is 2.26. The molecule has 0 unspecified atom stereocenters. The third-order valence-corrected chi connectivity index (χ3v) is 4.29. The first-order chi connectivity index (χ1) is 12.6. The van der Waals surface area contributed by atoms with Crippen LogP contribution < -0.4 is 5.69 Å². The first-order valence-electron chi connectivity index (χ1n) is 8.04. The zero-order valence-electron chi connectivity index (χ0n) is 14.2. The average molecular weight is 348 g/mol. The predicted molar refractivity (Wildman–Crippen MR) is 97.6 cm³/mol. The lowest BCUT2D eigenvalue weighted by Crippen LogP contribution is -2.16. The van der Waals surface area contributed by atoms with E-state index in [-0.39, 0.29) is 5.69 Å². The number of ether oxygens (including phenoxy) is 1. The quantitative estimate of drug-likeness (QED) is 0.557.